The van der Waals surface area contributed by atoms with E-state index in [1.165, 1.54) is 0 Å². The molecule has 122 valence electrons. The molecule has 0 N–H and O–H groups in total. The molecule has 0 bridgehead atoms. The molecule has 0 heterocycles. The summed E-state index contributed by atoms with van der Waals surface area (Å²) in [7, 11) is 0. The van der Waals surface area contributed by atoms with Crippen molar-refractivity contribution in [3.63, 3.8) is 0 Å². The lowest BCUT2D eigenvalue weighted by Gasteiger charge is -2.08. The van der Waals surface area contributed by atoms with E-state index in [0.29, 0.717) is 6.61 Å². The molecule has 0 aromatic carbocycles. The molecule has 0 fully saturated rings. The molecule has 0 aliphatic heterocycles. The Hall–Kier alpha value is -1.59. The van der Waals surface area contributed by atoms with E-state index < -0.39 is 11.9 Å². The lowest BCUT2D eigenvalue weighted by Crippen LogP contribution is -2.17. The number of unbranched alkanes of at least 4 members (excludes halogenated alkanes) is 2. The van der Waals surface area contributed by atoms with Gasteiger partial charge >= 0.3 is 17.9 Å². The topological polar surface area (TPSA) is 78.9 Å². The van der Waals surface area contributed by atoms with Crippen LogP contribution in [0.4, 0.5) is 0 Å². The normalized spacial score (nSPS) is 10.3. The molecule has 0 unspecified atom stereocenters. The van der Waals surface area contributed by atoms with E-state index in [9.17, 15) is 14.4 Å². The van der Waals surface area contributed by atoms with Crippen LogP contribution in [0.5, 0.6) is 0 Å². The van der Waals surface area contributed by atoms with Crippen LogP contribution in [-0.4, -0.2) is 37.7 Å². The molecule has 0 spiro atoms. The summed E-state index contributed by atoms with van der Waals surface area (Å²) in [5.41, 5.74) is 0. The second-order valence-electron chi connectivity index (χ2n) is 4.97. The number of rotatable bonds is 11. The number of hydrogen-bond donors (Lipinski definition) is 0. The quantitative estimate of drug-likeness (QED) is 0.331. The average Bonchev–Trinajstić information content (AvgIpc) is 2.45. The maximum Gasteiger partial charge on any atom is 0.308 e. The fourth-order valence-electron chi connectivity index (χ4n) is 1.35. The van der Waals surface area contributed by atoms with Crippen LogP contribution in [0.25, 0.3) is 0 Å². The first-order valence-electron chi connectivity index (χ1n) is 7.45. The van der Waals surface area contributed by atoms with Crippen molar-refractivity contribution in [1.82, 2.24) is 0 Å². The number of carbonyl (C=O) groups excluding carboxylic acids is 3. The van der Waals surface area contributed by atoms with E-state index in [2.05, 4.69) is 6.92 Å². The van der Waals surface area contributed by atoms with Crippen LogP contribution in [-0.2, 0) is 28.6 Å². The Bertz CT molecular complexity index is 324. The van der Waals surface area contributed by atoms with Crippen molar-refractivity contribution in [2.24, 2.45) is 5.92 Å². The van der Waals surface area contributed by atoms with Crippen LogP contribution in [0, 0.1) is 5.92 Å². The highest BCUT2D eigenvalue weighted by Crippen LogP contribution is 2.00. The van der Waals surface area contributed by atoms with Gasteiger partial charge in [-0.2, -0.15) is 0 Å². The molecule has 0 aliphatic carbocycles. The van der Waals surface area contributed by atoms with Crippen molar-refractivity contribution in [2.45, 2.75) is 52.9 Å². The van der Waals surface area contributed by atoms with E-state index in [1.54, 1.807) is 13.8 Å². The predicted molar refractivity (Wildman–Crippen MR) is 76.5 cm³/mol. The summed E-state index contributed by atoms with van der Waals surface area (Å²) in [6, 6.07) is 0. The summed E-state index contributed by atoms with van der Waals surface area (Å²) in [5, 5.41) is 0. The summed E-state index contributed by atoms with van der Waals surface area (Å²) >= 11 is 0. The van der Waals surface area contributed by atoms with Gasteiger partial charge in [0, 0.05) is 0 Å². The number of ether oxygens (including phenoxy) is 3. The Balaban J connectivity index is 3.53. The second-order valence-corrected chi connectivity index (χ2v) is 4.97. The zero-order valence-electron chi connectivity index (χ0n) is 13.2. The first-order valence-corrected chi connectivity index (χ1v) is 7.45. The minimum absolute atomic E-state index is 0.00282. The fourth-order valence-corrected chi connectivity index (χ4v) is 1.35. The first-order chi connectivity index (χ1) is 9.97. The largest absolute Gasteiger partial charge is 0.466 e. The molecule has 0 atom stereocenters. The molecule has 21 heavy (non-hydrogen) atoms. The zero-order valence-corrected chi connectivity index (χ0v) is 13.2. The maximum absolute atomic E-state index is 11.3. The van der Waals surface area contributed by atoms with Gasteiger partial charge in [0.25, 0.3) is 0 Å². The summed E-state index contributed by atoms with van der Waals surface area (Å²) in [6.45, 7) is 5.94. The third kappa shape index (κ3) is 11.9. The third-order valence-electron chi connectivity index (χ3n) is 2.61. The van der Waals surface area contributed by atoms with E-state index in [1.807, 2.05) is 0 Å². The molecule has 6 nitrogen and oxygen atoms in total. The highest BCUT2D eigenvalue weighted by molar-refractivity contribution is 5.77. The number of carbonyl (C=O) groups is 3. The molecule has 0 rings (SSSR count). The molecule has 0 saturated heterocycles. The Morgan fingerprint density at radius 2 is 1.33 bits per heavy atom. The van der Waals surface area contributed by atoms with Crippen LogP contribution in [0.2, 0.25) is 0 Å². The summed E-state index contributed by atoms with van der Waals surface area (Å²) in [4.78, 5) is 33.8. The van der Waals surface area contributed by atoms with Gasteiger partial charge in [-0.05, 0) is 6.42 Å². The molecule has 0 amide bonds. The van der Waals surface area contributed by atoms with Crippen molar-refractivity contribution in [1.29, 1.82) is 0 Å². The maximum atomic E-state index is 11.3. The smallest absolute Gasteiger partial charge is 0.308 e. The van der Waals surface area contributed by atoms with Gasteiger partial charge in [-0.3, -0.25) is 14.4 Å². The Labute approximate surface area is 126 Å². The molecule has 0 aromatic heterocycles. The van der Waals surface area contributed by atoms with Gasteiger partial charge in [-0.1, -0.05) is 33.6 Å². The number of hydrogen-bond acceptors (Lipinski definition) is 6. The minimum Gasteiger partial charge on any atom is -0.466 e. The molecule has 6 heteroatoms. The molecule has 0 saturated carbocycles. The van der Waals surface area contributed by atoms with E-state index >= 15 is 0 Å². The van der Waals surface area contributed by atoms with Crippen LogP contribution in [0.3, 0.4) is 0 Å². The molecule has 0 radical (unpaired) electrons. The zero-order chi connectivity index (χ0) is 16.1. The highest BCUT2D eigenvalue weighted by Gasteiger charge is 2.10. The van der Waals surface area contributed by atoms with Gasteiger partial charge in [0.1, 0.15) is 13.2 Å². The van der Waals surface area contributed by atoms with Crippen molar-refractivity contribution < 1.29 is 28.6 Å². The molecule has 0 aliphatic rings. The Morgan fingerprint density at radius 1 is 0.810 bits per heavy atom. The SMILES string of the molecule is CCCCCOC(=O)CCC(=O)OCCOC(=O)C(C)C. The minimum atomic E-state index is -0.499. The van der Waals surface area contributed by atoms with Gasteiger partial charge in [0.05, 0.1) is 25.4 Å². The first kappa shape index (κ1) is 19.4. The Morgan fingerprint density at radius 3 is 1.86 bits per heavy atom. The standard InChI is InChI=1S/C15H26O6/c1-4-5-6-9-19-13(16)7-8-14(17)20-10-11-21-15(18)12(2)3/h12H,4-11H2,1-3H3. The van der Waals surface area contributed by atoms with Crippen LogP contribution in [0.1, 0.15) is 52.9 Å². The predicted octanol–water partition coefficient (Wildman–Crippen LogP) is 2.24. The molecule has 0 aromatic rings. The van der Waals surface area contributed by atoms with Crippen molar-refractivity contribution >= 4 is 17.9 Å². The lowest BCUT2D eigenvalue weighted by atomic mass is 10.2. The number of esters is 3. The van der Waals surface area contributed by atoms with E-state index in [-0.39, 0.29) is 37.9 Å². The van der Waals surface area contributed by atoms with Crippen molar-refractivity contribution in [3.05, 3.63) is 0 Å². The highest BCUT2D eigenvalue weighted by atomic mass is 16.6. The van der Waals surface area contributed by atoms with Crippen molar-refractivity contribution in [2.75, 3.05) is 19.8 Å². The second kappa shape index (κ2) is 12.2. The van der Waals surface area contributed by atoms with E-state index in [0.717, 1.165) is 19.3 Å². The average molecular weight is 302 g/mol. The van der Waals surface area contributed by atoms with Gasteiger partial charge in [0.15, 0.2) is 0 Å². The van der Waals surface area contributed by atoms with Gasteiger partial charge < -0.3 is 14.2 Å². The summed E-state index contributed by atoms with van der Waals surface area (Å²) < 4.78 is 14.7. The lowest BCUT2D eigenvalue weighted by molar-refractivity contribution is -0.155. The fraction of sp³-hybridized carbons (Fsp3) is 0.800. The Kier molecular flexibility index (Phi) is 11.3. The summed E-state index contributed by atoms with van der Waals surface area (Å²) in [5.74, 6) is -1.43. The van der Waals surface area contributed by atoms with Gasteiger partial charge in [-0.15, -0.1) is 0 Å². The van der Waals surface area contributed by atoms with Crippen LogP contribution < -0.4 is 0 Å². The molecular formula is C15H26O6. The van der Waals surface area contributed by atoms with Crippen molar-refractivity contribution in [3.8, 4) is 0 Å². The molecular weight excluding hydrogens is 276 g/mol. The van der Waals surface area contributed by atoms with Crippen LogP contribution >= 0.6 is 0 Å². The summed E-state index contributed by atoms with van der Waals surface area (Å²) in [6.07, 6.45) is 2.91. The van der Waals surface area contributed by atoms with E-state index in [4.69, 9.17) is 14.2 Å². The van der Waals surface area contributed by atoms with Gasteiger partial charge in [0.2, 0.25) is 0 Å². The monoisotopic (exact) mass is 302 g/mol. The van der Waals surface area contributed by atoms with Gasteiger partial charge in [-0.25, -0.2) is 0 Å². The third-order valence-corrected chi connectivity index (χ3v) is 2.61. The van der Waals surface area contributed by atoms with Crippen LogP contribution in [0.15, 0.2) is 0 Å².